The average molecular weight is 571 g/mol. The molecule has 4 heterocycles. The molecule has 6 rings (SSSR count). The molecular formula is C30H34N8O4. The Balaban J connectivity index is 1.13. The van der Waals surface area contributed by atoms with E-state index in [1.807, 2.05) is 30.3 Å². The van der Waals surface area contributed by atoms with E-state index in [4.69, 9.17) is 0 Å². The van der Waals surface area contributed by atoms with E-state index in [0.29, 0.717) is 37.3 Å². The summed E-state index contributed by atoms with van der Waals surface area (Å²) in [5, 5.41) is 4.37. The van der Waals surface area contributed by atoms with Crippen LogP contribution in [-0.4, -0.2) is 79.4 Å². The van der Waals surface area contributed by atoms with E-state index in [-0.39, 0.29) is 42.0 Å². The van der Waals surface area contributed by atoms with Gasteiger partial charge < -0.3 is 9.80 Å². The minimum atomic E-state index is -0.600. The molecule has 3 aromatic rings. The number of aromatic nitrogens is 4. The zero-order valence-electron chi connectivity index (χ0n) is 23.7. The van der Waals surface area contributed by atoms with Crippen LogP contribution in [0.15, 0.2) is 61.4 Å². The molecule has 2 N–H and O–H groups in total. The van der Waals surface area contributed by atoms with Gasteiger partial charge in [-0.2, -0.15) is 5.10 Å². The average Bonchev–Trinajstić information content (AvgIpc) is 3.29. The molecule has 3 fully saturated rings. The second kappa shape index (κ2) is 10.7. The first-order valence-electron chi connectivity index (χ1n) is 14.1. The van der Waals surface area contributed by atoms with Gasteiger partial charge in [0.25, 0.3) is 5.91 Å². The van der Waals surface area contributed by atoms with Crippen LogP contribution in [0.1, 0.15) is 41.8 Å². The minimum absolute atomic E-state index is 0.00188. The van der Waals surface area contributed by atoms with Gasteiger partial charge in [0.2, 0.25) is 17.7 Å². The number of rotatable bonds is 7. The SMILES string of the molecule is CC1(C)C[C@@H]1C(=O)N1CC2(CN(C(=O)c3cnn(Cc4ccccc4)c3)CC2C(=O)NNC(=O)Cc2cncnc2)C1. The van der Waals surface area contributed by atoms with Gasteiger partial charge in [0.05, 0.1) is 30.6 Å². The second-order valence-electron chi connectivity index (χ2n) is 12.4. The summed E-state index contributed by atoms with van der Waals surface area (Å²) in [7, 11) is 0. The van der Waals surface area contributed by atoms with Gasteiger partial charge in [0.15, 0.2) is 0 Å². The Bertz CT molecular complexity index is 1500. The van der Waals surface area contributed by atoms with Crippen LogP contribution in [0, 0.1) is 22.7 Å². The monoisotopic (exact) mass is 570 g/mol. The molecule has 2 aliphatic heterocycles. The maximum Gasteiger partial charge on any atom is 0.257 e. The van der Waals surface area contributed by atoms with E-state index in [1.165, 1.54) is 18.7 Å². The summed E-state index contributed by atoms with van der Waals surface area (Å²) in [6, 6.07) is 9.84. The number of nitrogens with zero attached hydrogens (tertiary/aromatic N) is 6. The molecule has 1 saturated carbocycles. The van der Waals surface area contributed by atoms with Crippen LogP contribution >= 0.6 is 0 Å². The van der Waals surface area contributed by atoms with Crippen LogP contribution < -0.4 is 10.9 Å². The molecule has 1 unspecified atom stereocenters. The lowest BCUT2D eigenvalue weighted by Crippen LogP contribution is -2.65. The molecule has 2 aromatic heterocycles. The van der Waals surface area contributed by atoms with Crippen LogP contribution in [0.25, 0.3) is 0 Å². The van der Waals surface area contributed by atoms with Gasteiger partial charge >= 0.3 is 0 Å². The largest absolute Gasteiger partial charge is 0.341 e. The third kappa shape index (κ3) is 5.48. The summed E-state index contributed by atoms with van der Waals surface area (Å²) in [5.74, 6) is -1.51. The predicted octanol–water partition coefficient (Wildman–Crippen LogP) is 1.06. The molecular weight excluding hydrogens is 536 g/mol. The molecule has 4 amide bonds. The number of benzene rings is 1. The Morgan fingerprint density at radius 2 is 1.60 bits per heavy atom. The molecule has 12 heteroatoms. The molecule has 0 radical (unpaired) electrons. The summed E-state index contributed by atoms with van der Waals surface area (Å²) in [6.07, 6.45) is 8.57. The number of amides is 4. The van der Waals surface area contributed by atoms with Crippen LogP contribution in [0.4, 0.5) is 0 Å². The molecule has 1 aromatic carbocycles. The minimum Gasteiger partial charge on any atom is -0.341 e. The van der Waals surface area contributed by atoms with Crippen molar-refractivity contribution in [1.29, 1.82) is 0 Å². The highest BCUT2D eigenvalue weighted by Gasteiger charge is 2.61. The lowest BCUT2D eigenvalue weighted by Gasteiger charge is -2.50. The first-order valence-corrected chi connectivity index (χ1v) is 14.1. The Morgan fingerprint density at radius 1 is 0.905 bits per heavy atom. The normalized spacial score (nSPS) is 21.5. The molecule has 1 aliphatic carbocycles. The number of nitrogens with one attached hydrogen (secondary N) is 2. The van der Waals surface area contributed by atoms with E-state index < -0.39 is 17.2 Å². The highest BCUT2D eigenvalue weighted by atomic mass is 16.2. The van der Waals surface area contributed by atoms with E-state index in [9.17, 15) is 19.2 Å². The summed E-state index contributed by atoms with van der Waals surface area (Å²) >= 11 is 0. The fourth-order valence-electron chi connectivity index (χ4n) is 6.17. The Morgan fingerprint density at radius 3 is 2.29 bits per heavy atom. The number of carbonyl (C=O) groups excluding carboxylic acids is 4. The number of hydrazine groups is 1. The zero-order valence-corrected chi connectivity index (χ0v) is 23.7. The van der Waals surface area contributed by atoms with Crippen molar-refractivity contribution in [3.63, 3.8) is 0 Å². The van der Waals surface area contributed by atoms with Crippen LogP contribution in [-0.2, 0) is 27.3 Å². The zero-order chi connectivity index (χ0) is 29.5. The van der Waals surface area contributed by atoms with Crippen LogP contribution in [0.2, 0.25) is 0 Å². The molecule has 218 valence electrons. The molecule has 42 heavy (non-hydrogen) atoms. The lowest BCUT2D eigenvalue weighted by atomic mass is 9.71. The Labute approximate surface area is 243 Å². The van der Waals surface area contributed by atoms with E-state index in [1.54, 1.807) is 26.9 Å². The number of carbonyl (C=O) groups is 4. The topological polar surface area (TPSA) is 142 Å². The van der Waals surface area contributed by atoms with Gasteiger partial charge in [-0.25, -0.2) is 9.97 Å². The van der Waals surface area contributed by atoms with Crippen molar-refractivity contribution < 1.29 is 19.2 Å². The number of likely N-dealkylation sites (tertiary alicyclic amines) is 2. The molecule has 1 spiro atoms. The fourth-order valence-corrected chi connectivity index (χ4v) is 6.17. The molecule has 0 bridgehead atoms. The molecule has 12 nitrogen and oxygen atoms in total. The number of hydrogen-bond acceptors (Lipinski definition) is 7. The molecule has 3 aliphatic rings. The number of hydrogen-bond donors (Lipinski definition) is 2. The van der Waals surface area contributed by atoms with Crippen LogP contribution in [0.5, 0.6) is 0 Å². The van der Waals surface area contributed by atoms with Crippen molar-refractivity contribution in [3.05, 3.63) is 78.1 Å². The maximum absolute atomic E-state index is 13.6. The second-order valence-corrected chi connectivity index (χ2v) is 12.4. The van der Waals surface area contributed by atoms with Gasteiger partial charge in [-0.1, -0.05) is 44.2 Å². The van der Waals surface area contributed by atoms with Crippen molar-refractivity contribution in [2.45, 2.75) is 33.2 Å². The van der Waals surface area contributed by atoms with Gasteiger partial charge in [0, 0.05) is 56.1 Å². The maximum atomic E-state index is 13.6. The van der Waals surface area contributed by atoms with Crippen LogP contribution in [0.3, 0.4) is 0 Å². The third-order valence-corrected chi connectivity index (χ3v) is 8.76. The molecule has 2 atom stereocenters. The summed E-state index contributed by atoms with van der Waals surface area (Å²) in [5.41, 5.74) is 6.56. The summed E-state index contributed by atoms with van der Waals surface area (Å²) < 4.78 is 1.72. The van der Waals surface area contributed by atoms with Gasteiger partial charge in [-0.15, -0.1) is 0 Å². The van der Waals surface area contributed by atoms with E-state index in [0.717, 1.165) is 12.0 Å². The summed E-state index contributed by atoms with van der Waals surface area (Å²) in [6.45, 7) is 5.99. The Hall–Kier alpha value is -4.61. The lowest BCUT2D eigenvalue weighted by molar-refractivity contribution is -0.152. The van der Waals surface area contributed by atoms with Crippen molar-refractivity contribution in [3.8, 4) is 0 Å². The quantitative estimate of drug-likeness (QED) is 0.405. The fraction of sp³-hybridized carbons (Fsp3) is 0.433. The van der Waals surface area contributed by atoms with Crippen molar-refractivity contribution in [1.82, 2.24) is 40.4 Å². The van der Waals surface area contributed by atoms with Crippen molar-refractivity contribution >= 4 is 23.6 Å². The highest BCUT2D eigenvalue weighted by molar-refractivity contribution is 5.95. The smallest absolute Gasteiger partial charge is 0.257 e. The van der Waals surface area contributed by atoms with Gasteiger partial charge in [-0.05, 0) is 23.0 Å². The van der Waals surface area contributed by atoms with E-state index >= 15 is 0 Å². The van der Waals surface area contributed by atoms with Crippen molar-refractivity contribution in [2.24, 2.45) is 22.7 Å². The highest BCUT2D eigenvalue weighted by Crippen LogP contribution is 2.54. The van der Waals surface area contributed by atoms with Gasteiger partial charge in [-0.3, -0.25) is 34.7 Å². The summed E-state index contributed by atoms with van der Waals surface area (Å²) in [4.78, 5) is 63.8. The Kier molecular flexibility index (Phi) is 6.99. The van der Waals surface area contributed by atoms with Gasteiger partial charge in [0.1, 0.15) is 6.33 Å². The van der Waals surface area contributed by atoms with E-state index in [2.05, 4.69) is 39.8 Å². The predicted molar refractivity (Wildman–Crippen MR) is 150 cm³/mol. The first-order chi connectivity index (χ1) is 20.1. The molecule has 2 saturated heterocycles. The third-order valence-electron chi connectivity index (χ3n) is 8.76. The standard InChI is InChI=1S/C30H34N8O4/c1-29(2)9-23(29)28(42)37-17-30(18-37)16-36(27(41)22-12-33-38(14-22)13-20-6-4-3-5-7-20)15-24(30)26(40)35-34-25(39)8-21-10-31-19-32-11-21/h3-7,10-12,14,19,23-24H,8-9,13,15-18H2,1-2H3,(H,34,39)(H,35,40)/t23-,24?/m1/s1. The first kappa shape index (κ1) is 27.6. The van der Waals surface area contributed by atoms with Crippen molar-refractivity contribution in [2.75, 3.05) is 26.2 Å².